The number of ether oxygens (including phenoxy) is 1. The SMILES string of the molecule is O=C1CC[C@@H](c2noc3ccc4cc(OCCN5CCCC5=O)ccc4c23)C(=O)C1. The molecule has 7 nitrogen and oxygen atoms in total. The number of nitrogens with zero attached hydrogens (tertiary/aromatic N) is 2. The van der Waals surface area contributed by atoms with Gasteiger partial charge < -0.3 is 14.2 Å². The lowest BCUT2D eigenvalue weighted by Gasteiger charge is -2.18. The van der Waals surface area contributed by atoms with E-state index in [9.17, 15) is 14.4 Å². The Labute approximate surface area is 172 Å². The zero-order valence-electron chi connectivity index (χ0n) is 16.6. The molecular weight excluding hydrogens is 384 g/mol. The minimum atomic E-state index is -0.400. The van der Waals surface area contributed by atoms with E-state index in [1.807, 2.05) is 35.2 Å². The van der Waals surface area contributed by atoms with Crippen molar-refractivity contribution in [1.82, 2.24) is 10.1 Å². The van der Waals surface area contributed by atoms with Crippen LogP contribution < -0.4 is 4.74 Å². The number of carbonyl (C=O) groups is 3. The van der Waals surface area contributed by atoms with Crippen LogP contribution in [0.25, 0.3) is 21.7 Å². The molecule has 7 heteroatoms. The predicted molar refractivity (Wildman–Crippen MR) is 109 cm³/mol. The first-order chi connectivity index (χ1) is 14.6. The molecular formula is C23H22N2O5. The molecule has 2 fully saturated rings. The van der Waals surface area contributed by atoms with Crippen molar-refractivity contribution >= 4 is 39.2 Å². The Bertz CT molecular complexity index is 1170. The average Bonchev–Trinajstić information content (AvgIpc) is 3.34. The van der Waals surface area contributed by atoms with Gasteiger partial charge in [0.2, 0.25) is 5.91 Å². The van der Waals surface area contributed by atoms with E-state index in [2.05, 4.69) is 5.16 Å². The second-order valence-electron chi connectivity index (χ2n) is 8.00. The second kappa shape index (κ2) is 7.55. The first-order valence-electron chi connectivity index (χ1n) is 10.4. The van der Waals surface area contributed by atoms with Crippen molar-refractivity contribution in [2.75, 3.05) is 19.7 Å². The number of rotatable bonds is 5. The lowest BCUT2D eigenvalue weighted by Crippen LogP contribution is -2.29. The van der Waals surface area contributed by atoms with Crippen molar-refractivity contribution in [3.8, 4) is 5.75 Å². The third kappa shape index (κ3) is 3.34. The van der Waals surface area contributed by atoms with E-state index in [1.54, 1.807) is 0 Å². The molecule has 3 aromatic rings. The van der Waals surface area contributed by atoms with Gasteiger partial charge in [-0.05, 0) is 47.9 Å². The first kappa shape index (κ1) is 18.8. The van der Waals surface area contributed by atoms with Gasteiger partial charge in [-0.2, -0.15) is 0 Å². The molecule has 1 saturated carbocycles. The number of benzene rings is 2. The van der Waals surface area contributed by atoms with E-state index in [0.717, 1.165) is 34.9 Å². The number of fused-ring (bicyclic) bond motifs is 3. The summed E-state index contributed by atoms with van der Waals surface area (Å²) in [6.07, 6.45) is 2.40. The number of Topliss-reactive ketones (excluding diaryl/α,β-unsaturated/α-hetero) is 2. The topological polar surface area (TPSA) is 89.7 Å². The Morgan fingerprint density at radius 1 is 1.13 bits per heavy atom. The van der Waals surface area contributed by atoms with Gasteiger partial charge in [-0.15, -0.1) is 0 Å². The van der Waals surface area contributed by atoms with E-state index in [1.165, 1.54) is 0 Å². The maximum atomic E-state index is 12.4. The number of hydrogen-bond acceptors (Lipinski definition) is 6. The van der Waals surface area contributed by atoms with Crippen LogP contribution in [-0.4, -0.2) is 47.2 Å². The number of amides is 1. The number of carbonyl (C=O) groups excluding carboxylic acids is 3. The van der Waals surface area contributed by atoms with Gasteiger partial charge in [0.05, 0.1) is 24.3 Å². The molecule has 0 bridgehead atoms. The number of aromatic nitrogens is 1. The van der Waals surface area contributed by atoms with Crippen molar-refractivity contribution < 1.29 is 23.6 Å². The molecule has 2 aliphatic rings. The summed E-state index contributed by atoms with van der Waals surface area (Å²) in [7, 11) is 0. The van der Waals surface area contributed by atoms with Gasteiger partial charge in [0.25, 0.3) is 0 Å². The van der Waals surface area contributed by atoms with E-state index >= 15 is 0 Å². The molecule has 0 unspecified atom stereocenters. The molecule has 30 heavy (non-hydrogen) atoms. The minimum Gasteiger partial charge on any atom is -0.492 e. The van der Waals surface area contributed by atoms with Crippen molar-refractivity contribution in [2.24, 2.45) is 0 Å². The average molecular weight is 406 g/mol. The Morgan fingerprint density at radius 2 is 2.03 bits per heavy atom. The van der Waals surface area contributed by atoms with Gasteiger partial charge in [-0.25, -0.2) is 0 Å². The zero-order chi connectivity index (χ0) is 20.7. The molecule has 1 aliphatic carbocycles. The normalized spacial score (nSPS) is 19.9. The number of ketones is 2. The highest BCUT2D eigenvalue weighted by molar-refractivity contribution is 6.11. The van der Waals surface area contributed by atoms with Crippen LogP contribution in [0.1, 0.15) is 43.7 Å². The third-order valence-corrected chi connectivity index (χ3v) is 6.05. The predicted octanol–water partition coefficient (Wildman–Crippen LogP) is 3.39. The summed E-state index contributed by atoms with van der Waals surface area (Å²) in [6.45, 7) is 1.84. The highest BCUT2D eigenvalue weighted by Gasteiger charge is 2.32. The van der Waals surface area contributed by atoms with Crippen molar-refractivity contribution in [3.63, 3.8) is 0 Å². The molecule has 1 atom stereocenters. The van der Waals surface area contributed by atoms with Crippen molar-refractivity contribution in [2.45, 2.75) is 38.0 Å². The monoisotopic (exact) mass is 406 g/mol. The summed E-state index contributed by atoms with van der Waals surface area (Å²) < 4.78 is 11.4. The van der Waals surface area contributed by atoms with E-state index in [-0.39, 0.29) is 23.9 Å². The maximum absolute atomic E-state index is 12.4. The summed E-state index contributed by atoms with van der Waals surface area (Å²) in [6, 6.07) is 9.57. The smallest absolute Gasteiger partial charge is 0.222 e. The molecule has 2 heterocycles. The maximum Gasteiger partial charge on any atom is 0.222 e. The van der Waals surface area contributed by atoms with Crippen LogP contribution >= 0.6 is 0 Å². The molecule has 1 saturated heterocycles. The standard InChI is InChI=1S/C23H22N2O5/c26-15-4-6-18(19(27)13-15)23-22-17-7-5-16(12-14(17)3-8-20(22)30-24-23)29-11-10-25-9-1-2-21(25)28/h3,5,7-8,12,18H,1-2,4,6,9-11,13H2/t18-/m1/s1. The molecule has 1 aliphatic heterocycles. The van der Waals surface area contributed by atoms with Crippen molar-refractivity contribution in [1.29, 1.82) is 0 Å². The van der Waals surface area contributed by atoms with Crippen molar-refractivity contribution in [3.05, 3.63) is 36.0 Å². The van der Waals surface area contributed by atoms with Gasteiger partial charge in [-0.1, -0.05) is 11.2 Å². The van der Waals surface area contributed by atoms with Gasteiger partial charge in [-0.3, -0.25) is 14.4 Å². The molecule has 0 radical (unpaired) electrons. The first-order valence-corrected chi connectivity index (χ1v) is 10.4. The van der Waals surface area contributed by atoms with Crippen LogP contribution in [0.2, 0.25) is 0 Å². The van der Waals surface area contributed by atoms with E-state index in [0.29, 0.717) is 43.7 Å². The van der Waals surface area contributed by atoms with Gasteiger partial charge in [0.15, 0.2) is 5.58 Å². The highest BCUT2D eigenvalue weighted by atomic mass is 16.5. The Kier molecular flexibility index (Phi) is 4.73. The molecule has 0 spiro atoms. The van der Waals surface area contributed by atoms with Crippen LogP contribution in [0.4, 0.5) is 0 Å². The van der Waals surface area contributed by atoms with E-state index < -0.39 is 5.92 Å². The van der Waals surface area contributed by atoms with Crippen LogP contribution in [0.15, 0.2) is 34.9 Å². The fourth-order valence-corrected chi connectivity index (χ4v) is 4.48. The summed E-state index contributed by atoms with van der Waals surface area (Å²) in [4.78, 5) is 37.6. The highest BCUT2D eigenvalue weighted by Crippen LogP contribution is 2.37. The Hall–Kier alpha value is -3.22. The van der Waals surface area contributed by atoms with Gasteiger partial charge in [0.1, 0.15) is 29.6 Å². The quantitative estimate of drug-likeness (QED) is 0.604. The second-order valence-corrected chi connectivity index (χ2v) is 8.00. The number of likely N-dealkylation sites (tertiary alicyclic amines) is 1. The van der Waals surface area contributed by atoms with Gasteiger partial charge in [0, 0.05) is 19.4 Å². The fourth-order valence-electron chi connectivity index (χ4n) is 4.48. The summed E-state index contributed by atoms with van der Waals surface area (Å²) in [5.74, 6) is 0.425. The van der Waals surface area contributed by atoms with Crippen LogP contribution in [0.5, 0.6) is 5.75 Å². The Balaban J connectivity index is 1.41. The van der Waals surface area contributed by atoms with Gasteiger partial charge >= 0.3 is 0 Å². The molecule has 154 valence electrons. The summed E-state index contributed by atoms with van der Waals surface area (Å²) >= 11 is 0. The zero-order valence-corrected chi connectivity index (χ0v) is 16.6. The van der Waals surface area contributed by atoms with Crippen LogP contribution in [0.3, 0.4) is 0 Å². The van der Waals surface area contributed by atoms with E-state index in [4.69, 9.17) is 9.26 Å². The Morgan fingerprint density at radius 3 is 2.83 bits per heavy atom. The third-order valence-electron chi connectivity index (χ3n) is 6.05. The molecule has 1 aromatic heterocycles. The van der Waals surface area contributed by atoms with Crippen LogP contribution in [0, 0.1) is 0 Å². The minimum absolute atomic E-state index is 0.00803. The largest absolute Gasteiger partial charge is 0.492 e. The lowest BCUT2D eigenvalue weighted by atomic mass is 9.83. The van der Waals surface area contributed by atoms with Crippen LogP contribution in [-0.2, 0) is 14.4 Å². The fraction of sp³-hybridized carbons (Fsp3) is 0.391. The summed E-state index contributed by atoms with van der Waals surface area (Å²) in [5, 5.41) is 6.92. The lowest BCUT2D eigenvalue weighted by molar-refractivity contribution is -0.131. The summed E-state index contributed by atoms with van der Waals surface area (Å²) in [5.41, 5.74) is 1.25. The molecule has 5 rings (SSSR count). The number of hydrogen-bond donors (Lipinski definition) is 0. The molecule has 0 N–H and O–H groups in total. The molecule has 2 aromatic carbocycles. The molecule has 1 amide bonds.